The number of hydrogen-bond acceptors (Lipinski definition) is 8. The number of nitrogens with zero attached hydrogens (tertiary/aromatic N) is 1. The van der Waals surface area contributed by atoms with Crippen molar-refractivity contribution in [3.63, 3.8) is 0 Å². The van der Waals surface area contributed by atoms with Gasteiger partial charge in [-0.3, -0.25) is 9.59 Å². The Morgan fingerprint density at radius 1 is 0.909 bits per heavy atom. The van der Waals surface area contributed by atoms with Crippen molar-refractivity contribution in [2.75, 3.05) is 0 Å². The molecule has 0 bridgehead atoms. The van der Waals surface area contributed by atoms with Crippen LogP contribution in [0.15, 0.2) is 83.4 Å². The van der Waals surface area contributed by atoms with Crippen LogP contribution in [0.1, 0.15) is 70.8 Å². The predicted molar refractivity (Wildman–Crippen MR) is 164 cm³/mol. The van der Waals surface area contributed by atoms with Gasteiger partial charge in [-0.25, -0.2) is 0 Å². The zero-order chi connectivity index (χ0) is 31.3. The number of hydroxylamine groups is 1. The molecule has 1 aliphatic heterocycles. The molecule has 0 fully saturated rings. The van der Waals surface area contributed by atoms with Crippen LogP contribution in [0.4, 0.5) is 0 Å². The summed E-state index contributed by atoms with van der Waals surface area (Å²) >= 11 is 0. The van der Waals surface area contributed by atoms with Crippen molar-refractivity contribution in [2.45, 2.75) is 58.3 Å². The van der Waals surface area contributed by atoms with E-state index in [-0.39, 0.29) is 22.9 Å². The second kappa shape index (κ2) is 13.0. The minimum atomic E-state index is -1.28. The molecule has 2 heterocycles. The van der Waals surface area contributed by atoms with E-state index in [1.54, 1.807) is 6.92 Å². The van der Waals surface area contributed by atoms with Gasteiger partial charge in [-0.05, 0) is 53.7 Å². The molecule has 0 saturated heterocycles. The van der Waals surface area contributed by atoms with Crippen molar-refractivity contribution < 1.29 is 28.4 Å². The molecule has 10 heteroatoms. The van der Waals surface area contributed by atoms with E-state index in [0.717, 1.165) is 28.0 Å². The standard InChI is InChI=1S/C34H36N4O6/c1-21(2)25-16-24(14-15-26-30(31(32(35)39)37-43-26)29-18-34(3,33(36)40)38-44-29)27(41-19-22-10-6-4-7-11-22)17-28(25)42-20-23-12-8-5-9-13-23/h4-13,16-18,21,38H,14-15,19-20H2,1-3H3,(H2,35,39)(H2,36,40). The van der Waals surface area contributed by atoms with Crippen LogP contribution in [-0.4, -0.2) is 22.5 Å². The van der Waals surface area contributed by atoms with Crippen LogP contribution < -0.4 is 26.4 Å². The van der Waals surface area contributed by atoms with Gasteiger partial charge < -0.3 is 30.3 Å². The number of nitrogens with two attached hydrogens (primary N) is 2. The van der Waals surface area contributed by atoms with Crippen molar-refractivity contribution in [2.24, 2.45) is 11.5 Å². The lowest BCUT2D eigenvalue weighted by molar-refractivity contribution is -0.124. The maximum Gasteiger partial charge on any atom is 0.271 e. The Morgan fingerprint density at radius 2 is 1.52 bits per heavy atom. The highest BCUT2D eigenvalue weighted by Gasteiger charge is 2.39. The number of amides is 2. The van der Waals surface area contributed by atoms with Crippen molar-refractivity contribution in [3.05, 3.63) is 118 Å². The molecular weight excluding hydrogens is 560 g/mol. The largest absolute Gasteiger partial charge is 0.488 e. The molecule has 44 heavy (non-hydrogen) atoms. The van der Waals surface area contributed by atoms with Gasteiger partial charge in [0.05, 0.1) is 5.56 Å². The first-order valence-corrected chi connectivity index (χ1v) is 14.4. The number of benzene rings is 3. The molecule has 0 radical (unpaired) electrons. The summed E-state index contributed by atoms with van der Waals surface area (Å²) < 4.78 is 18.3. The predicted octanol–water partition coefficient (Wildman–Crippen LogP) is 4.96. The first kappa shape index (κ1) is 30.4. The number of hydrogen-bond donors (Lipinski definition) is 3. The third-order valence-corrected chi connectivity index (χ3v) is 7.46. The zero-order valence-electron chi connectivity index (χ0n) is 25.0. The van der Waals surface area contributed by atoms with E-state index in [4.69, 9.17) is 30.3 Å². The van der Waals surface area contributed by atoms with Gasteiger partial charge in [-0.15, -0.1) is 5.48 Å². The van der Waals surface area contributed by atoms with Gasteiger partial charge in [-0.1, -0.05) is 79.7 Å². The molecule has 10 nitrogen and oxygen atoms in total. The Morgan fingerprint density at radius 3 is 2.07 bits per heavy atom. The monoisotopic (exact) mass is 596 g/mol. The van der Waals surface area contributed by atoms with Gasteiger partial charge in [0.2, 0.25) is 5.91 Å². The maximum absolute atomic E-state index is 12.2. The smallest absolute Gasteiger partial charge is 0.271 e. The molecule has 1 atom stereocenters. The molecule has 1 unspecified atom stereocenters. The average molecular weight is 597 g/mol. The molecule has 1 aliphatic rings. The lowest BCUT2D eigenvalue weighted by Gasteiger charge is -2.20. The Labute approximate surface area is 255 Å². The highest BCUT2D eigenvalue weighted by atomic mass is 16.7. The van der Waals surface area contributed by atoms with E-state index < -0.39 is 17.4 Å². The fraction of sp³-hybridized carbons (Fsp3) is 0.265. The molecule has 0 aliphatic carbocycles. The van der Waals surface area contributed by atoms with Crippen LogP contribution >= 0.6 is 0 Å². The van der Waals surface area contributed by atoms with Crippen LogP contribution in [0.3, 0.4) is 0 Å². The van der Waals surface area contributed by atoms with Gasteiger partial charge in [0, 0.05) is 12.5 Å². The summed E-state index contributed by atoms with van der Waals surface area (Å²) in [6.07, 6.45) is 2.28. The fourth-order valence-electron chi connectivity index (χ4n) is 4.89. The highest BCUT2D eigenvalue weighted by Crippen LogP contribution is 2.37. The number of aryl methyl sites for hydroxylation is 2. The second-order valence-corrected chi connectivity index (χ2v) is 11.2. The van der Waals surface area contributed by atoms with E-state index in [0.29, 0.717) is 37.6 Å². The summed E-state index contributed by atoms with van der Waals surface area (Å²) in [4.78, 5) is 29.8. The molecule has 1 aromatic heterocycles. The topological polar surface area (TPSA) is 152 Å². The number of rotatable bonds is 13. The van der Waals surface area contributed by atoms with Crippen molar-refractivity contribution >= 4 is 17.6 Å². The number of primary amides is 2. The first-order valence-electron chi connectivity index (χ1n) is 14.4. The molecule has 3 aromatic carbocycles. The number of carbonyl (C=O) groups excluding carboxylic acids is 2. The van der Waals surface area contributed by atoms with Gasteiger partial charge in [0.15, 0.2) is 17.0 Å². The SMILES string of the molecule is CC(C)c1cc(CCc2onc(C(N)=O)c2C2=CC(C)(C(N)=O)NO2)c(OCc2ccccc2)cc1OCc1ccccc1. The molecule has 5 N–H and O–H groups in total. The quantitative estimate of drug-likeness (QED) is 0.196. The average Bonchev–Trinajstić information content (AvgIpc) is 3.63. The van der Waals surface area contributed by atoms with Crippen LogP contribution in [0.5, 0.6) is 11.5 Å². The van der Waals surface area contributed by atoms with Crippen LogP contribution in [0, 0.1) is 0 Å². The van der Waals surface area contributed by atoms with Crippen LogP contribution in [0.25, 0.3) is 5.76 Å². The second-order valence-electron chi connectivity index (χ2n) is 11.2. The number of carbonyl (C=O) groups is 2. The maximum atomic E-state index is 12.2. The number of aromatic nitrogens is 1. The Hall–Kier alpha value is -5.09. The van der Waals surface area contributed by atoms with Gasteiger partial charge in [0.25, 0.3) is 5.91 Å². The highest BCUT2D eigenvalue weighted by molar-refractivity contribution is 5.97. The van der Waals surface area contributed by atoms with E-state index >= 15 is 0 Å². The minimum Gasteiger partial charge on any atom is -0.488 e. The molecule has 0 spiro atoms. The Bertz CT molecular complexity index is 1670. The van der Waals surface area contributed by atoms with Gasteiger partial charge in [0.1, 0.15) is 30.5 Å². The molecular formula is C34H36N4O6. The molecule has 4 aromatic rings. The lowest BCUT2D eigenvalue weighted by atomic mass is 9.95. The number of nitrogens with one attached hydrogen (secondary N) is 1. The molecule has 2 amide bonds. The zero-order valence-corrected chi connectivity index (χ0v) is 25.0. The summed E-state index contributed by atoms with van der Waals surface area (Å²) in [6, 6.07) is 23.9. The summed E-state index contributed by atoms with van der Waals surface area (Å²) in [5.74, 6) is 0.683. The number of ether oxygens (including phenoxy) is 2. The van der Waals surface area contributed by atoms with E-state index in [2.05, 4.69) is 30.6 Å². The normalized spacial score (nSPS) is 16.0. The summed E-state index contributed by atoms with van der Waals surface area (Å²) in [7, 11) is 0. The first-order chi connectivity index (χ1) is 21.1. The lowest BCUT2D eigenvalue weighted by Crippen LogP contribution is -2.48. The summed E-state index contributed by atoms with van der Waals surface area (Å²) in [6.45, 7) is 6.57. The van der Waals surface area contributed by atoms with E-state index in [1.165, 1.54) is 6.08 Å². The van der Waals surface area contributed by atoms with E-state index in [9.17, 15) is 9.59 Å². The Balaban J connectivity index is 1.47. The van der Waals surface area contributed by atoms with Gasteiger partial charge in [-0.2, -0.15) is 0 Å². The fourth-order valence-corrected chi connectivity index (χ4v) is 4.89. The van der Waals surface area contributed by atoms with Gasteiger partial charge >= 0.3 is 0 Å². The van der Waals surface area contributed by atoms with Crippen molar-refractivity contribution in [3.8, 4) is 11.5 Å². The third kappa shape index (κ3) is 6.76. The van der Waals surface area contributed by atoms with Crippen LogP contribution in [0.2, 0.25) is 0 Å². The minimum absolute atomic E-state index is 0.102. The summed E-state index contributed by atoms with van der Waals surface area (Å²) in [5, 5.41) is 3.91. The molecule has 228 valence electrons. The van der Waals surface area contributed by atoms with Crippen LogP contribution in [-0.2, 0) is 35.7 Å². The van der Waals surface area contributed by atoms with Crippen molar-refractivity contribution in [1.82, 2.24) is 10.6 Å². The molecule has 5 rings (SSSR count). The molecule has 0 saturated carbocycles. The Kier molecular flexibility index (Phi) is 9.01. The third-order valence-electron chi connectivity index (χ3n) is 7.46. The summed E-state index contributed by atoms with van der Waals surface area (Å²) in [5.41, 5.74) is 16.7. The van der Waals surface area contributed by atoms with Crippen molar-refractivity contribution in [1.29, 1.82) is 0 Å². The van der Waals surface area contributed by atoms with E-state index in [1.807, 2.05) is 66.7 Å².